The number of rotatable bonds is 6. The topological polar surface area (TPSA) is 82.8 Å². The van der Waals surface area contributed by atoms with Crippen molar-refractivity contribution in [2.24, 2.45) is 0 Å². The zero-order valence-corrected chi connectivity index (χ0v) is 18.4. The maximum atomic E-state index is 14.7. The first-order valence-corrected chi connectivity index (χ1v) is 10.0. The molecule has 4 rings (SSSR count). The second-order valence-corrected chi connectivity index (χ2v) is 7.31. The van der Waals surface area contributed by atoms with Gasteiger partial charge < -0.3 is 8.94 Å². The van der Waals surface area contributed by atoms with E-state index in [1.807, 2.05) is 0 Å². The Morgan fingerprint density at radius 3 is 2.60 bits per heavy atom. The fourth-order valence-electron chi connectivity index (χ4n) is 3.31. The number of aromatic nitrogens is 5. The second kappa shape index (κ2) is 9.29. The molecule has 0 bridgehead atoms. The van der Waals surface area contributed by atoms with Crippen LogP contribution in [0.15, 0.2) is 70.4 Å². The molecule has 0 amide bonds. The van der Waals surface area contributed by atoms with Crippen LogP contribution in [0.5, 0.6) is 0 Å². The van der Waals surface area contributed by atoms with E-state index in [4.69, 9.17) is 20.5 Å². The Kier molecular flexibility index (Phi) is 6.39. The third-order valence-corrected chi connectivity index (χ3v) is 5.03. The van der Waals surface area contributed by atoms with Crippen LogP contribution in [0.1, 0.15) is 12.6 Å². The maximum Gasteiger partial charge on any atom is 0.434 e. The van der Waals surface area contributed by atoms with Gasteiger partial charge >= 0.3 is 6.18 Å². The molecule has 3 heterocycles. The smallest absolute Gasteiger partial charge is 0.423 e. The lowest BCUT2D eigenvalue weighted by Crippen LogP contribution is -2.15. The molecule has 0 spiro atoms. The molecule has 0 saturated heterocycles. The minimum absolute atomic E-state index is 0.0924. The van der Waals surface area contributed by atoms with Crippen molar-refractivity contribution in [3.05, 3.63) is 78.0 Å². The predicted molar refractivity (Wildman–Crippen MR) is 116 cm³/mol. The number of hydrogen-bond donors (Lipinski definition) is 0. The van der Waals surface area contributed by atoms with Gasteiger partial charge in [-0.3, -0.25) is 0 Å². The highest BCUT2D eigenvalue weighted by molar-refractivity contribution is 6.33. The van der Waals surface area contributed by atoms with Crippen LogP contribution < -0.4 is 0 Å². The summed E-state index contributed by atoms with van der Waals surface area (Å²) in [5.74, 6) is -2.61. The van der Waals surface area contributed by atoms with Crippen molar-refractivity contribution < 1.29 is 30.9 Å². The van der Waals surface area contributed by atoms with Gasteiger partial charge in [0.1, 0.15) is 22.9 Å². The van der Waals surface area contributed by atoms with E-state index in [-0.39, 0.29) is 27.7 Å². The van der Waals surface area contributed by atoms with Crippen molar-refractivity contribution >= 4 is 17.3 Å². The van der Waals surface area contributed by atoms with Crippen molar-refractivity contribution in [2.75, 3.05) is 0 Å². The standard InChI is InChI=1S/C22H13ClF5N5O2/c1-3-4-8-15(11(2)24)33-20(22(26,27)28)12(9-30-33)19-17(21-31-29-10-34-21)18(32-35-19)16-13(23)6-5-7-14(16)25/h3-10H,1H2,2H3/b8-4-,15-11-. The third kappa shape index (κ3) is 4.39. The molecule has 0 fully saturated rings. The highest BCUT2D eigenvalue weighted by Gasteiger charge is 2.42. The Bertz CT molecular complexity index is 1430. The van der Waals surface area contributed by atoms with Crippen LogP contribution >= 0.6 is 11.6 Å². The van der Waals surface area contributed by atoms with E-state index in [2.05, 4.69) is 27.0 Å². The van der Waals surface area contributed by atoms with E-state index in [1.165, 1.54) is 24.3 Å². The van der Waals surface area contributed by atoms with Gasteiger partial charge in [-0.1, -0.05) is 41.6 Å². The molecular weight excluding hydrogens is 497 g/mol. The van der Waals surface area contributed by atoms with Gasteiger partial charge in [0.25, 0.3) is 5.89 Å². The molecule has 3 aromatic heterocycles. The van der Waals surface area contributed by atoms with Crippen LogP contribution in [-0.2, 0) is 6.18 Å². The van der Waals surface area contributed by atoms with Crippen molar-refractivity contribution in [3.63, 3.8) is 0 Å². The molecule has 7 nitrogen and oxygen atoms in total. The number of halogens is 6. The van der Waals surface area contributed by atoms with Crippen LogP contribution in [0.3, 0.4) is 0 Å². The molecule has 0 aliphatic rings. The first kappa shape index (κ1) is 24.1. The van der Waals surface area contributed by atoms with Gasteiger partial charge in [0, 0.05) is 0 Å². The maximum absolute atomic E-state index is 14.7. The van der Waals surface area contributed by atoms with Crippen molar-refractivity contribution in [1.29, 1.82) is 0 Å². The summed E-state index contributed by atoms with van der Waals surface area (Å²) in [6.07, 6.45) is 0.258. The zero-order valence-electron chi connectivity index (χ0n) is 17.6. The van der Waals surface area contributed by atoms with Gasteiger partial charge in [0.2, 0.25) is 6.39 Å². The average molecular weight is 510 g/mol. The second-order valence-electron chi connectivity index (χ2n) is 6.91. The predicted octanol–water partition coefficient (Wildman–Crippen LogP) is 6.97. The summed E-state index contributed by atoms with van der Waals surface area (Å²) in [5, 5.41) is 14.6. The van der Waals surface area contributed by atoms with E-state index < -0.39 is 40.5 Å². The van der Waals surface area contributed by atoms with Crippen LogP contribution in [0, 0.1) is 5.82 Å². The van der Waals surface area contributed by atoms with Crippen molar-refractivity contribution in [1.82, 2.24) is 25.1 Å². The lowest BCUT2D eigenvalue weighted by Gasteiger charge is -2.13. The molecule has 0 N–H and O–H groups in total. The normalized spacial score (nSPS) is 12.9. The van der Waals surface area contributed by atoms with E-state index in [9.17, 15) is 22.0 Å². The van der Waals surface area contributed by atoms with Crippen LogP contribution in [0.25, 0.3) is 39.7 Å². The highest BCUT2D eigenvalue weighted by atomic mass is 35.5. The average Bonchev–Trinajstić information content (AvgIpc) is 3.52. The summed E-state index contributed by atoms with van der Waals surface area (Å²) in [7, 11) is 0. The molecule has 0 unspecified atom stereocenters. The van der Waals surface area contributed by atoms with E-state index in [0.29, 0.717) is 4.68 Å². The molecule has 1 aromatic carbocycles. The summed E-state index contributed by atoms with van der Waals surface area (Å²) < 4.78 is 82.4. The van der Waals surface area contributed by atoms with Crippen LogP contribution in [0.4, 0.5) is 22.0 Å². The van der Waals surface area contributed by atoms with Crippen LogP contribution in [-0.4, -0.2) is 25.1 Å². The molecule has 0 aliphatic heterocycles. The summed E-state index contributed by atoms with van der Waals surface area (Å²) in [5.41, 5.74) is -3.32. The van der Waals surface area contributed by atoms with Gasteiger partial charge in [-0.25, -0.2) is 13.5 Å². The summed E-state index contributed by atoms with van der Waals surface area (Å²) in [6, 6.07) is 3.78. The van der Waals surface area contributed by atoms with E-state index in [1.54, 1.807) is 0 Å². The van der Waals surface area contributed by atoms with E-state index in [0.717, 1.165) is 31.7 Å². The van der Waals surface area contributed by atoms with Gasteiger partial charge in [-0.15, -0.1) is 10.2 Å². The first-order chi connectivity index (χ1) is 16.6. The Balaban J connectivity index is 2.05. The van der Waals surface area contributed by atoms with Gasteiger partial charge in [-0.2, -0.15) is 18.3 Å². The van der Waals surface area contributed by atoms with E-state index >= 15 is 0 Å². The number of alkyl halides is 3. The first-order valence-electron chi connectivity index (χ1n) is 9.67. The Hall–Kier alpha value is -4.06. The van der Waals surface area contributed by atoms with Crippen molar-refractivity contribution in [3.8, 4) is 34.0 Å². The third-order valence-electron chi connectivity index (χ3n) is 4.72. The number of hydrogen-bond acceptors (Lipinski definition) is 6. The Morgan fingerprint density at radius 2 is 2.00 bits per heavy atom. The fourth-order valence-corrected chi connectivity index (χ4v) is 3.56. The van der Waals surface area contributed by atoms with Gasteiger partial charge in [-0.05, 0) is 25.1 Å². The molecule has 0 atom stereocenters. The molecule has 0 saturated carbocycles. The monoisotopic (exact) mass is 509 g/mol. The number of benzene rings is 1. The minimum Gasteiger partial charge on any atom is -0.423 e. The van der Waals surface area contributed by atoms with Crippen molar-refractivity contribution in [2.45, 2.75) is 13.1 Å². The molecule has 0 radical (unpaired) electrons. The van der Waals surface area contributed by atoms with Crippen LogP contribution in [0.2, 0.25) is 5.02 Å². The fraction of sp³-hybridized carbons (Fsp3) is 0.0909. The molecule has 180 valence electrons. The number of nitrogens with zero attached hydrogens (tertiary/aromatic N) is 5. The number of allylic oxidation sites excluding steroid dienone is 5. The highest BCUT2D eigenvalue weighted by Crippen LogP contribution is 2.46. The SMILES string of the molecule is C=C/C=C\C(=C(/C)F)n1ncc(-c2onc(-c3c(F)cccc3Cl)c2-c2nnco2)c1C(F)(F)F. The summed E-state index contributed by atoms with van der Waals surface area (Å²) in [4.78, 5) is 0. The largest absolute Gasteiger partial charge is 0.434 e. The lowest BCUT2D eigenvalue weighted by molar-refractivity contribution is -0.142. The lowest BCUT2D eigenvalue weighted by atomic mass is 10.0. The molecular formula is C22H13ClF5N5O2. The Morgan fingerprint density at radius 1 is 1.23 bits per heavy atom. The Labute approximate surface area is 198 Å². The molecule has 4 aromatic rings. The van der Waals surface area contributed by atoms with Gasteiger partial charge in [0.05, 0.1) is 28.0 Å². The minimum atomic E-state index is -5.04. The molecule has 13 heteroatoms. The summed E-state index contributed by atoms with van der Waals surface area (Å²) in [6.45, 7) is 4.40. The molecule has 0 aliphatic carbocycles. The molecule has 35 heavy (non-hydrogen) atoms. The quantitative estimate of drug-likeness (QED) is 0.206. The summed E-state index contributed by atoms with van der Waals surface area (Å²) >= 11 is 6.14. The zero-order chi connectivity index (χ0) is 25.3. The van der Waals surface area contributed by atoms with Gasteiger partial charge in [0.15, 0.2) is 11.5 Å².